The number of para-hydroxylation sites is 1. The topological polar surface area (TPSA) is 104 Å². The van der Waals surface area contributed by atoms with Gasteiger partial charge in [0.15, 0.2) is 0 Å². The van der Waals surface area contributed by atoms with Gasteiger partial charge in [-0.05, 0) is 36.8 Å². The molecule has 1 aliphatic rings. The van der Waals surface area contributed by atoms with Gasteiger partial charge < -0.3 is 5.11 Å². The Labute approximate surface area is 147 Å². The van der Waals surface area contributed by atoms with Gasteiger partial charge in [-0.3, -0.25) is 4.72 Å². The fourth-order valence-electron chi connectivity index (χ4n) is 2.45. The molecule has 0 spiro atoms. The highest BCUT2D eigenvalue weighted by Gasteiger charge is 2.36. The first-order valence-electron chi connectivity index (χ1n) is 7.57. The van der Waals surface area contributed by atoms with Gasteiger partial charge in [0.25, 0.3) is 10.0 Å². The molecule has 25 heavy (non-hydrogen) atoms. The molecule has 1 saturated heterocycles. The summed E-state index contributed by atoms with van der Waals surface area (Å²) in [6, 6.07) is 12.1. The van der Waals surface area contributed by atoms with E-state index >= 15 is 0 Å². The lowest BCUT2D eigenvalue weighted by Crippen LogP contribution is -2.53. The zero-order valence-corrected chi connectivity index (χ0v) is 15.1. The first-order chi connectivity index (χ1) is 11.7. The van der Waals surface area contributed by atoms with Crippen LogP contribution in [0.2, 0.25) is 0 Å². The molecule has 0 atom stereocenters. The summed E-state index contributed by atoms with van der Waals surface area (Å²) in [4.78, 5) is -0.259. The smallest absolute Gasteiger partial charge is 0.261 e. The second-order valence-corrected chi connectivity index (χ2v) is 9.49. The summed E-state index contributed by atoms with van der Waals surface area (Å²) in [5.41, 5.74) is 1.19. The number of aliphatic hydroxyl groups excluding tert-OH is 1. The Hall–Kier alpha value is -1.94. The number of anilines is 1. The predicted octanol–water partition coefficient (Wildman–Crippen LogP) is 1.16. The first kappa shape index (κ1) is 17.9. The summed E-state index contributed by atoms with van der Waals surface area (Å²) in [6.07, 6.45) is -0.676. The van der Waals surface area contributed by atoms with Gasteiger partial charge in [0.05, 0.1) is 21.6 Å². The van der Waals surface area contributed by atoms with Crippen LogP contribution in [-0.4, -0.2) is 45.4 Å². The summed E-state index contributed by atoms with van der Waals surface area (Å²) >= 11 is 0. The second-order valence-electron chi connectivity index (χ2n) is 5.87. The molecule has 0 amide bonds. The minimum Gasteiger partial charge on any atom is -0.390 e. The minimum atomic E-state index is -3.93. The molecule has 0 aromatic heterocycles. The fourth-order valence-corrected chi connectivity index (χ4v) is 5.27. The van der Waals surface area contributed by atoms with E-state index < -0.39 is 26.2 Å². The molecule has 2 aromatic carbocycles. The average Bonchev–Trinajstić information content (AvgIpc) is 2.54. The highest BCUT2D eigenvalue weighted by Crippen LogP contribution is 2.25. The van der Waals surface area contributed by atoms with Crippen molar-refractivity contribution in [2.24, 2.45) is 0 Å². The van der Waals surface area contributed by atoms with Crippen molar-refractivity contribution < 1.29 is 21.9 Å². The van der Waals surface area contributed by atoms with Crippen molar-refractivity contribution in [3.8, 4) is 0 Å². The van der Waals surface area contributed by atoms with Gasteiger partial charge in [-0.25, -0.2) is 16.8 Å². The second kappa shape index (κ2) is 6.41. The van der Waals surface area contributed by atoms with E-state index in [1.165, 1.54) is 18.2 Å². The molecular formula is C16H18N2O5S2. The molecule has 1 fully saturated rings. The van der Waals surface area contributed by atoms with E-state index in [9.17, 15) is 21.9 Å². The third-order valence-electron chi connectivity index (χ3n) is 3.97. The number of sulfonamides is 2. The normalized spacial score (nSPS) is 16.4. The fraction of sp³-hybridized carbons (Fsp3) is 0.250. The first-order valence-corrected chi connectivity index (χ1v) is 10.5. The number of hydrogen-bond acceptors (Lipinski definition) is 5. The zero-order valence-electron chi connectivity index (χ0n) is 13.5. The van der Waals surface area contributed by atoms with Crippen molar-refractivity contribution in [2.45, 2.75) is 22.8 Å². The van der Waals surface area contributed by atoms with Crippen LogP contribution in [0.15, 0.2) is 58.3 Å². The third kappa shape index (κ3) is 3.54. The molecule has 9 heteroatoms. The van der Waals surface area contributed by atoms with Crippen LogP contribution in [0.3, 0.4) is 0 Å². The van der Waals surface area contributed by atoms with Crippen LogP contribution in [0.4, 0.5) is 5.69 Å². The van der Waals surface area contributed by atoms with Gasteiger partial charge in [0, 0.05) is 13.1 Å². The van der Waals surface area contributed by atoms with Gasteiger partial charge >= 0.3 is 0 Å². The largest absolute Gasteiger partial charge is 0.390 e. The van der Waals surface area contributed by atoms with E-state index in [1.54, 1.807) is 31.2 Å². The maximum absolute atomic E-state index is 12.6. The predicted molar refractivity (Wildman–Crippen MR) is 93.2 cm³/mol. The van der Waals surface area contributed by atoms with Crippen molar-refractivity contribution >= 4 is 25.7 Å². The summed E-state index contributed by atoms with van der Waals surface area (Å²) < 4.78 is 53.6. The zero-order chi connectivity index (χ0) is 18.2. The molecule has 0 saturated carbocycles. The van der Waals surface area contributed by atoms with Crippen molar-refractivity contribution in [1.29, 1.82) is 0 Å². The number of hydrogen-bond donors (Lipinski definition) is 2. The molecule has 1 aliphatic heterocycles. The summed E-state index contributed by atoms with van der Waals surface area (Å²) in [7, 11) is -7.74. The van der Waals surface area contributed by atoms with E-state index in [-0.39, 0.29) is 22.9 Å². The Morgan fingerprint density at radius 3 is 2.28 bits per heavy atom. The summed E-state index contributed by atoms with van der Waals surface area (Å²) in [6.45, 7) is 1.80. The lowest BCUT2D eigenvalue weighted by Gasteiger charge is -2.34. The molecule has 1 heterocycles. The monoisotopic (exact) mass is 382 g/mol. The van der Waals surface area contributed by atoms with Crippen molar-refractivity contribution in [2.75, 3.05) is 17.8 Å². The van der Waals surface area contributed by atoms with Crippen LogP contribution in [0.5, 0.6) is 0 Å². The van der Waals surface area contributed by atoms with Gasteiger partial charge in [-0.1, -0.05) is 24.3 Å². The Bertz CT molecular complexity index is 997. The summed E-state index contributed by atoms with van der Waals surface area (Å²) in [5.74, 6) is 0. The van der Waals surface area contributed by atoms with Crippen LogP contribution >= 0.6 is 0 Å². The number of aryl methyl sites for hydroxylation is 1. The molecule has 2 N–H and O–H groups in total. The molecular weight excluding hydrogens is 364 g/mol. The van der Waals surface area contributed by atoms with E-state index in [4.69, 9.17) is 0 Å². The van der Waals surface area contributed by atoms with Gasteiger partial charge in [0.1, 0.15) is 0 Å². The number of nitrogens with zero attached hydrogens (tertiary/aromatic N) is 1. The molecule has 7 nitrogen and oxygen atoms in total. The van der Waals surface area contributed by atoms with Crippen LogP contribution < -0.4 is 4.72 Å². The number of benzene rings is 2. The standard InChI is InChI=1S/C16H18N2O5S2/c1-12-5-2-3-8-16(12)17-24(20,21)14-6-4-7-15(9-14)25(22,23)18-10-13(19)11-18/h2-9,13,17,19H,10-11H2,1H3. The Kier molecular flexibility index (Phi) is 4.58. The lowest BCUT2D eigenvalue weighted by atomic mass is 10.2. The third-order valence-corrected chi connectivity index (χ3v) is 7.16. The molecule has 0 unspecified atom stereocenters. The highest BCUT2D eigenvalue weighted by atomic mass is 32.2. The number of rotatable bonds is 5. The van der Waals surface area contributed by atoms with Crippen LogP contribution in [0.1, 0.15) is 5.56 Å². The van der Waals surface area contributed by atoms with Crippen LogP contribution in [0.25, 0.3) is 0 Å². The molecule has 0 aliphatic carbocycles. The molecule has 2 aromatic rings. The van der Waals surface area contributed by atoms with Crippen LogP contribution in [0, 0.1) is 6.92 Å². The Morgan fingerprint density at radius 2 is 1.64 bits per heavy atom. The van der Waals surface area contributed by atoms with E-state index in [2.05, 4.69) is 4.72 Å². The quantitative estimate of drug-likeness (QED) is 0.808. The van der Waals surface area contributed by atoms with Gasteiger partial charge in [-0.15, -0.1) is 0 Å². The van der Waals surface area contributed by atoms with Crippen molar-refractivity contribution in [3.63, 3.8) is 0 Å². The molecule has 134 valence electrons. The molecule has 3 rings (SSSR count). The van der Waals surface area contributed by atoms with Crippen molar-refractivity contribution in [1.82, 2.24) is 4.31 Å². The van der Waals surface area contributed by atoms with Crippen LogP contribution in [-0.2, 0) is 20.0 Å². The number of nitrogens with one attached hydrogen (secondary N) is 1. The van der Waals surface area contributed by atoms with Crippen molar-refractivity contribution in [3.05, 3.63) is 54.1 Å². The SMILES string of the molecule is Cc1ccccc1NS(=O)(=O)c1cccc(S(=O)(=O)N2CC(O)C2)c1. The van der Waals surface area contributed by atoms with Gasteiger partial charge in [0.2, 0.25) is 10.0 Å². The maximum Gasteiger partial charge on any atom is 0.261 e. The Balaban J connectivity index is 1.92. The number of aliphatic hydroxyl groups is 1. The minimum absolute atomic E-state index is 0.0147. The molecule has 0 bridgehead atoms. The molecule has 0 radical (unpaired) electrons. The summed E-state index contributed by atoms with van der Waals surface area (Å²) in [5, 5.41) is 9.29. The van der Waals surface area contributed by atoms with E-state index in [1.807, 2.05) is 0 Å². The average molecular weight is 382 g/mol. The highest BCUT2D eigenvalue weighted by molar-refractivity contribution is 7.93. The number of β-amino-alcohol motifs (C(OH)–C–C–N with tert-alkyl or cyclic N) is 1. The Morgan fingerprint density at radius 1 is 1.00 bits per heavy atom. The van der Waals surface area contributed by atoms with E-state index in [0.717, 1.165) is 15.9 Å². The van der Waals surface area contributed by atoms with E-state index in [0.29, 0.717) is 5.69 Å². The maximum atomic E-state index is 12.6. The lowest BCUT2D eigenvalue weighted by molar-refractivity contribution is 0.0548. The van der Waals surface area contributed by atoms with Gasteiger partial charge in [-0.2, -0.15) is 4.31 Å².